The average molecular weight is 503 g/mol. The lowest BCUT2D eigenvalue weighted by atomic mass is 10.1. The molecule has 1 fully saturated rings. The van der Waals surface area contributed by atoms with Gasteiger partial charge in [0.1, 0.15) is 17.5 Å². The first kappa shape index (κ1) is 24.1. The van der Waals surface area contributed by atoms with Gasteiger partial charge in [0.2, 0.25) is 5.91 Å². The first-order chi connectivity index (χ1) is 15.4. The number of amides is 2. The molecule has 1 atom stereocenters. The SMILES string of the molecule is COc1cccc(CN(C(=O)COc2ccc(Br)c(C)c2)C(C)C(=O)NC2CCCC2)c1. The lowest BCUT2D eigenvalue weighted by Crippen LogP contribution is -2.50. The third-order valence-corrected chi connectivity index (χ3v) is 6.74. The Morgan fingerprint density at radius 1 is 1.16 bits per heavy atom. The first-order valence-corrected chi connectivity index (χ1v) is 11.8. The number of rotatable bonds is 9. The van der Waals surface area contributed by atoms with Crippen LogP contribution in [-0.4, -0.2) is 42.5 Å². The molecule has 3 rings (SSSR count). The third kappa shape index (κ3) is 6.48. The Morgan fingerprint density at radius 3 is 2.59 bits per heavy atom. The van der Waals surface area contributed by atoms with E-state index in [2.05, 4.69) is 21.2 Å². The first-order valence-electron chi connectivity index (χ1n) is 11.0. The maximum absolute atomic E-state index is 13.2. The highest BCUT2D eigenvalue weighted by atomic mass is 79.9. The van der Waals surface area contributed by atoms with Crippen LogP contribution in [0, 0.1) is 6.92 Å². The van der Waals surface area contributed by atoms with Crippen molar-refractivity contribution in [3.63, 3.8) is 0 Å². The van der Waals surface area contributed by atoms with Gasteiger partial charge in [-0.05, 0) is 68.1 Å². The number of hydrogen-bond donors (Lipinski definition) is 1. The highest BCUT2D eigenvalue weighted by Crippen LogP contribution is 2.22. The summed E-state index contributed by atoms with van der Waals surface area (Å²) in [5, 5.41) is 3.11. The highest BCUT2D eigenvalue weighted by Gasteiger charge is 2.28. The number of methoxy groups -OCH3 is 1. The molecule has 2 aromatic rings. The van der Waals surface area contributed by atoms with Crippen LogP contribution in [0.15, 0.2) is 46.9 Å². The minimum Gasteiger partial charge on any atom is -0.497 e. The summed E-state index contributed by atoms with van der Waals surface area (Å²) in [6.45, 7) is 3.87. The van der Waals surface area contributed by atoms with Crippen molar-refractivity contribution in [3.05, 3.63) is 58.1 Å². The number of benzene rings is 2. The van der Waals surface area contributed by atoms with Crippen LogP contribution < -0.4 is 14.8 Å². The summed E-state index contributed by atoms with van der Waals surface area (Å²) < 4.78 is 12.1. The summed E-state index contributed by atoms with van der Waals surface area (Å²) >= 11 is 3.47. The maximum Gasteiger partial charge on any atom is 0.261 e. The lowest BCUT2D eigenvalue weighted by Gasteiger charge is -2.29. The molecule has 0 spiro atoms. The molecule has 6 nitrogen and oxygen atoms in total. The van der Waals surface area contributed by atoms with Gasteiger partial charge in [-0.1, -0.05) is 40.9 Å². The predicted octanol–water partition coefficient (Wildman–Crippen LogP) is 4.62. The topological polar surface area (TPSA) is 67.9 Å². The molecule has 32 heavy (non-hydrogen) atoms. The van der Waals surface area contributed by atoms with Crippen LogP contribution in [0.2, 0.25) is 0 Å². The zero-order chi connectivity index (χ0) is 23.1. The van der Waals surface area contributed by atoms with Crippen molar-refractivity contribution >= 4 is 27.7 Å². The molecule has 172 valence electrons. The van der Waals surface area contributed by atoms with Gasteiger partial charge in [0, 0.05) is 17.1 Å². The van der Waals surface area contributed by atoms with Gasteiger partial charge >= 0.3 is 0 Å². The molecule has 0 saturated heterocycles. The van der Waals surface area contributed by atoms with Crippen LogP contribution in [0.5, 0.6) is 11.5 Å². The Balaban J connectivity index is 1.73. The Bertz CT molecular complexity index is 943. The minimum atomic E-state index is -0.621. The molecule has 2 amide bonds. The highest BCUT2D eigenvalue weighted by molar-refractivity contribution is 9.10. The van der Waals surface area contributed by atoms with Crippen LogP contribution in [0.3, 0.4) is 0 Å². The normalized spacial score (nSPS) is 14.6. The number of halogens is 1. The molecular formula is C25H31BrN2O4. The fraction of sp³-hybridized carbons (Fsp3) is 0.440. The number of nitrogens with zero attached hydrogens (tertiary/aromatic N) is 1. The van der Waals surface area contributed by atoms with Crippen LogP contribution >= 0.6 is 15.9 Å². The van der Waals surface area contributed by atoms with Gasteiger partial charge in [0.05, 0.1) is 7.11 Å². The summed E-state index contributed by atoms with van der Waals surface area (Å²) in [4.78, 5) is 27.7. The van der Waals surface area contributed by atoms with Crippen LogP contribution in [0.25, 0.3) is 0 Å². The number of ether oxygens (including phenoxy) is 2. The van der Waals surface area contributed by atoms with Gasteiger partial charge < -0.3 is 19.7 Å². The summed E-state index contributed by atoms with van der Waals surface area (Å²) in [5.41, 5.74) is 1.91. The Hall–Kier alpha value is -2.54. The van der Waals surface area contributed by atoms with Crippen molar-refractivity contribution in [2.45, 2.75) is 58.2 Å². The molecule has 0 radical (unpaired) electrons. The molecule has 7 heteroatoms. The van der Waals surface area contributed by atoms with Gasteiger partial charge in [-0.2, -0.15) is 0 Å². The van der Waals surface area contributed by atoms with Crippen molar-refractivity contribution in [2.75, 3.05) is 13.7 Å². The van der Waals surface area contributed by atoms with Gasteiger partial charge in [-0.25, -0.2) is 0 Å². The Kier molecular flexibility index (Phi) is 8.56. The molecule has 1 unspecified atom stereocenters. The number of hydrogen-bond acceptors (Lipinski definition) is 4. The van der Waals surface area contributed by atoms with Crippen molar-refractivity contribution < 1.29 is 19.1 Å². The molecule has 2 aromatic carbocycles. The molecule has 0 aliphatic heterocycles. The van der Waals surface area contributed by atoms with E-state index in [0.29, 0.717) is 11.5 Å². The number of carbonyl (C=O) groups is 2. The van der Waals surface area contributed by atoms with E-state index in [0.717, 1.165) is 41.3 Å². The molecular weight excluding hydrogens is 472 g/mol. The second-order valence-electron chi connectivity index (χ2n) is 8.24. The largest absolute Gasteiger partial charge is 0.497 e. The van der Waals surface area contributed by atoms with Gasteiger partial charge in [-0.3, -0.25) is 9.59 Å². The lowest BCUT2D eigenvalue weighted by molar-refractivity contribution is -0.142. The van der Waals surface area contributed by atoms with E-state index in [1.165, 1.54) is 0 Å². The van der Waals surface area contributed by atoms with E-state index in [1.54, 1.807) is 18.9 Å². The number of carbonyl (C=O) groups excluding carboxylic acids is 2. The third-order valence-electron chi connectivity index (χ3n) is 5.85. The Morgan fingerprint density at radius 2 is 1.91 bits per heavy atom. The van der Waals surface area contributed by atoms with Crippen molar-refractivity contribution in [3.8, 4) is 11.5 Å². The predicted molar refractivity (Wildman–Crippen MR) is 128 cm³/mol. The van der Waals surface area contributed by atoms with E-state index in [-0.39, 0.29) is 31.0 Å². The second-order valence-corrected chi connectivity index (χ2v) is 9.09. The van der Waals surface area contributed by atoms with Gasteiger partial charge in [0.25, 0.3) is 5.91 Å². The molecule has 1 saturated carbocycles. The second kappa shape index (κ2) is 11.4. The van der Waals surface area contributed by atoms with E-state index in [1.807, 2.05) is 49.4 Å². The maximum atomic E-state index is 13.2. The smallest absolute Gasteiger partial charge is 0.261 e. The van der Waals surface area contributed by atoms with Gasteiger partial charge in [0.15, 0.2) is 6.61 Å². The summed E-state index contributed by atoms with van der Waals surface area (Å²) in [7, 11) is 1.60. The van der Waals surface area contributed by atoms with Crippen molar-refractivity contribution in [2.24, 2.45) is 0 Å². The summed E-state index contributed by atoms with van der Waals surface area (Å²) in [5.74, 6) is 0.943. The quantitative estimate of drug-likeness (QED) is 0.543. The van der Waals surface area contributed by atoms with E-state index < -0.39 is 6.04 Å². The molecule has 1 aliphatic rings. The standard InChI is InChI=1S/C25H31BrN2O4/c1-17-13-22(11-12-23(17)26)32-16-24(29)28(15-19-7-6-10-21(14-19)31-3)18(2)25(30)27-20-8-4-5-9-20/h6-7,10-14,18,20H,4-5,8-9,15-16H2,1-3H3,(H,27,30). The molecule has 0 heterocycles. The zero-order valence-corrected chi connectivity index (χ0v) is 20.5. The van der Waals surface area contributed by atoms with Gasteiger partial charge in [-0.15, -0.1) is 0 Å². The monoisotopic (exact) mass is 502 g/mol. The van der Waals surface area contributed by atoms with Crippen LogP contribution in [-0.2, 0) is 16.1 Å². The zero-order valence-electron chi connectivity index (χ0n) is 18.9. The Labute approximate surface area is 198 Å². The van der Waals surface area contributed by atoms with E-state index in [4.69, 9.17) is 9.47 Å². The minimum absolute atomic E-state index is 0.132. The van der Waals surface area contributed by atoms with Crippen LogP contribution in [0.4, 0.5) is 0 Å². The summed E-state index contributed by atoms with van der Waals surface area (Å²) in [6, 6.07) is 12.7. The van der Waals surface area contributed by atoms with Crippen LogP contribution in [0.1, 0.15) is 43.7 Å². The fourth-order valence-corrected chi connectivity index (χ4v) is 4.12. The van der Waals surface area contributed by atoms with E-state index >= 15 is 0 Å². The van der Waals surface area contributed by atoms with Crippen molar-refractivity contribution in [1.82, 2.24) is 10.2 Å². The van der Waals surface area contributed by atoms with E-state index in [9.17, 15) is 9.59 Å². The summed E-state index contributed by atoms with van der Waals surface area (Å²) in [6.07, 6.45) is 4.25. The average Bonchev–Trinajstić information content (AvgIpc) is 3.30. The molecule has 0 aromatic heterocycles. The number of nitrogens with one attached hydrogen (secondary N) is 1. The molecule has 1 N–H and O–H groups in total. The molecule has 1 aliphatic carbocycles. The van der Waals surface area contributed by atoms with Crippen molar-refractivity contribution in [1.29, 1.82) is 0 Å². The fourth-order valence-electron chi connectivity index (χ4n) is 3.88. The number of aryl methyl sites for hydroxylation is 1. The molecule has 0 bridgehead atoms.